The number of nitrogens with one attached hydrogen (secondary N) is 3. The van der Waals surface area contributed by atoms with E-state index in [1.807, 2.05) is 6.07 Å². The molecule has 0 aliphatic carbocycles. The molecule has 0 atom stereocenters. The molecule has 0 unspecified atom stereocenters. The van der Waals surface area contributed by atoms with Gasteiger partial charge >= 0.3 is 0 Å². The first-order chi connectivity index (χ1) is 18.3. The van der Waals surface area contributed by atoms with Crippen molar-refractivity contribution < 1.29 is 9.53 Å². The molecule has 4 aromatic rings. The van der Waals surface area contributed by atoms with Crippen LogP contribution in [0.2, 0.25) is 20.1 Å². The number of hydrogen-bond donors (Lipinski definition) is 3. The van der Waals surface area contributed by atoms with Crippen LogP contribution in [0, 0.1) is 0 Å². The summed E-state index contributed by atoms with van der Waals surface area (Å²) in [5.74, 6) is 0.887. The van der Waals surface area contributed by atoms with Crippen LogP contribution in [0.25, 0.3) is 11.4 Å². The highest BCUT2D eigenvalue weighted by molar-refractivity contribution is 7.80. The predicted octanol–water partition coefficient (Wildman–Crippen LogP) is 5.85. The molecule has 1 heterocycles. The van der Waals surface area contributed by atoms with Gasteiger partial charge in [0, 0.05) is 33.8 Å². The minimum absolute atomic E-state index is 0.122. The third-order valence-corrected chi connectivity index (χ3v) is 6.05. The molecule has 4 rings (SSSR count). The average Bonchev–Trinajstić information content (AvgIpc) is 3.31. The Morgan fingerprint density at radius 3 is 2.39 bits per heavy atom. The zero-order valence-corrected chi connectivity index (χ0v) is 23.3. The smallest absolute Gasteiger partial charge is 0.243 e. The van der Waals surface area contributed by atoms with Gasteiger partial charge in [0.2, 0.25) is 11.7 Å². The molecule has 0 saturated heterocycles. The molecule has 0 fully saturated rings. The van der Waals surface area contributed by atoms with Gasteiger partial charge in [-0.25, -0.2) is 0 Å². The fourth-order valence-electron chi connectivity index (χ4n) is 3.20. The standard InChI is InChI=1S/C24H19Cl4N7O2S/c25-14-5-6-21(19(28)12-14)37-20-4-2-1-3-18(20)23-32-34-35(33-23)13-22(36)29-7-8-30-24(38)31-17-10-15(26)9-16(27)11-17/h1-6,9-12H,7-8,13H2,(H,29,36)(H2,30,31,38). The Balaban J connectivity index is 1.27. The first-order valence-electron chi connectivity index (χ1n) is 11.0. The Kier molecular flexibility index (Phi) is 9.59. The highest BCUT2D eigenvalue weighted by atomic mass is 35.5. The maximum Gasteiger partial charge on any atom is 0.243 e. The minimum Gasteiger partial charge on any atom is -0.455 e. The predicted molar refractivity (Wildman–Crippen MR) is 153 cm³/mol. The molecule has 0 aliphatic rings. The molecule has 3 aromatic carbocycles. The van der Waals surface area contributed by atoms with Gasteiger partial charge in [-0.15, -0.1) is 10.2 Å². The highest BCUT2D eigenvalue weighted by Gasteiger charge is 2.15. The van der Waals surface area contributed by atoms with Gasteiger partial charge in [0.05, 0.1) is 10.6 Å². The van der Waals surface area contributed by atoms with Crippen LogP contribution in [0.5, 0.6) is 11.5 Å². The van der Waals surface area contributed by atoms with Gasteiger partial charge in [0.1, 0.15) is 18.0 Å². The van der Waals surface area contributed by atoms with E-state index in [-0.39, 0.29) is 18.3 Å². The number of thiocarbonyl (C=S) groups is 1. The fraction of sp³-hybridized carbons (Fsp3) is 0.125. The van der Waals surface area contributed by atoms with Crippen LogP contribution in [0.4, 0.5) is 5.69 Å². The van der Waals surface area contributed by atoms with Gasteiger partial charge in [-0.2, -0.15) is 4.80 Å². The number of halogens is 4. The second kappa shape index (κ2) is 13.1. The number of anilines is 1. The van der Waals surface area contributed by atoms with Crippen molar-refractivity contribution in [1.82, 2.24) is 30.8 Å². The number of amides is 1. The summed E-state index contributed by atoms with van der Waals surface area (Å²) in [7, 11) is 0. The SMILES string of the molecule is O=C(Cn1nnc(-c2ccccc2Oc2ccc(Cl)cc2Cl)n1)NCCNC(=S)Nc1cc(Cl)cc(Cl)c1. The van der Waals surface area contributed by atoms with Crippen molar-refractivity contribution in [2.75, 3.05) is 18.4 Å². The molecule has 0 saturated carbocycles. The largest absolute Gasteiger partial charge is 0.455 e. The van der Waals surface area contributed by atoms with Gasteiger partial charge < -0.3 is 20.7 Å². The summed E-state index contributed by atoms with van der Waals surface area (Å²) in [6.45, 7) is 0.583. The number of ether oxygens (including phenoxy) is 1. The first kappa shape index (κ1) is 27.9. The van der Waals surface area contributed by atoms with Crippen molar-refractivity contribution in [3.63, 3.8) is 0 Å². The summed E-state index contributed by atoms with van der Waals surface area (Å²) in [5.41, 5.74) is 1.23. The summed E-state index contributed by atoms with van der Waals surface area (Å²) in [5, 5.41) is 23.3. The summed E-state index contributed by atoms with van der Waals surface area (Å²) in [6.07, 6.45) is 0. The Labute approximate surface area is 243 Å². The number of nitrogens with zero attached hydrogens (tertiary/aromatic N) is 4. The van der Waals surface area contributed by atoms with Crippen molar-refractivity contribution in [3.8, 4) is 22.9 Å². The monoisotopic (exact) mass is 609 g/mol. The maximum absolute atomic E-state index is 12.3. The van der Waals surface area contributed by atoms with E-state index in [4.69, 9.17) is 63.4 Å². The summed E-state index contributed by atoms with van der Waals surface area (Å²) in [6, 6.07) is 17.1. The lowest BCUT2D eigenvalue weighted by molar-refractivity contribution is -0.122. The third kappa shape index (κ3) is 7.92. The van der Waals surface area contributed by atoms with E-state index in [0.717, 1.165) is 0 Å². The number of carbonyl (C=O) groups excluding carboxylic acids is 1. The second-order valence-corrected chi connectivity index (χ2v) is 9.83. The van der Waals surface area contributed by atoms with Crippen LogP contribution < -0.4 is 20.7 Å². The highest BCUT2D eigenvalue weighted by Crippen LogP contribution is 2.35. The average molecular weight is 611 g/mol. The Hall–Kier alpha value is -3.15. The van der Waals surface area contributed by atoms with Crippen molar-refractivity contribution >= 4 is 75.3 Å². The van der Waals surface area contributed by atoms with Crippen molar-refractivity contribution in [1.29, 1.82) is 0 Å². The molecule has 0 spiro atoms. The topological polar surface area (TPSA) is 106 Å². The Morgan fingerprint density at radius 1 is 0.895 bits per heavy atom. The summed E-state index contributed by atoms with van der Waals surface area (Å²) < 4.78 is 5.95. The van der Waals surface area contributed by atoms with Gasteiger partial charge in [-0.3, -0.25) is 4.79 Å². The van der Waals surface area contributed by atoms with Gasteiger partial charge in [0.25, 0.3) is 0 Å². The lowest BCUT2D eigenvalue weighted by Gasteiger charge is -2.11. The van der Waals surface area contributed by atoms with Crippen LogP contribution in [0.15, 0.2) is 60.7 Å². The quantitative estimate of drug-likeness (QED) is 0.160. The molecule has 1 amide bonds. The van der Waals surface area contributed by atoms with Gasteiger partial charge in [0.15, 0.2) is 5.11 Å². The zero-order chi connectivity index (χ0) is 27.1. The van der Waals surface area contributed by atoms with E-state index in [9.17, 15) is 4.79 Å². The lowest BCUT2D eigenvalue weighted by Crippen LogP contribution is -2.38. The van der Waals surface area contributed by atoms with Crippen LogP contribution in [-0.2, 0) is 11.3 Å². The molecule has 196 valence electrons. The number of hydrogen-bond acceptors (Lipinski definition) is 6. The lowest BCUT2D eigenvalue weighted by atomic mass is 10.2. The van der Waals surface area contributed by atoms with Gasteiger partial charge in [-0.05, 0) is 66.0 Å². The molecule has 0 radical (unpaired) electrons. The van der Waals surface area contributed by atoms with E-state index in [0.29, 0.717) is 61.0 Å². The van der Waals surface area contributed by atoms with Crippen LogP contribution in [-0.4, -0.2) is 44.3 Å². The number of tetrazole rings is 1. The number of benzene rings is 3. The van der Waals surface area contributed by atoms with Crippen molar-refractivity contribution in [2.45, 2.75) is 6.54 Å². The number of carbonyl (C=O) groups is 1. The van der Waals surface area contributed by atoms with Gasteiger partial charge in [-0.1, -0.05) is 58.5 Å². The number of rotatable bonds is 9. The molecule has 38 heavy (non-hydrogen) atoms. The first-order valence-corrected chi connectivity index (χ1v) is 13.0. The number of para-hydroxylation sites is 1. The fourth-order valence-corrected chi connectivity index (χ4v) is 4.39. The van der Waals surface area contributed by atoms with Crippen molar-refractivity contribution in [3.05, 3.63) is 80.8 Å². The molecule has 3 N–H and O–H groups in total. The van der Waals surface area contributed by atoms with E-state index < -0.39 is 0 Å². The van der Waals surface area contributed by atoms with Crippen LogP contribution in [0.3, 0.4) is 0 Å². The molecular weight excluding hydrogens is 592 g/mol. The zero-order valence-electron chi connectivity index (χ0n) is 19.4. The van der Waals surface area contributed by atoms with E-state index >= 15 is 0 Å². The van der Waals surface area contributed by atoms with E-state index in [1.165, 1.54) is 4.80 Å². The molecule has 0 bridgehead atoms. The Morgan fingerprint density at radius 2 is 1.63 bits per heavy atom. The normalized spacial score (nSPS) is 10.6. The van der Waals surface area contributed by atoms with E-state index in [2.05, 4.69) is 31.4 Å². The second-order valence-electron chi connectivity index (χ2n) is 7.71. The Bertz CT molecular complexity index is 1450. The molecule has 1 aromatic heterocycles. The summed E-state index contributed by atoms with van der Waals surface area (Å²) >= 11 is 29.4. The molecular formula is C24H19Cl4N7O2S. The summed E-state index contributed by atoms with van der Waals surface area (Å²) in [4.78, 5) is 13.5. The molecule has 0 aliphatic heterocycles. The molecule has 9 nitrogen and oxygen atoms in total. The van der Waals surface area contributed by atoms with Crippen LogP contribution >= 0.6 is 58.6 Å². The van der Waals surface area contributed by atoms with Crippen LogP contribution in [0.1, 0.15) is 0 Å². The number of aromatic nitrogens is 4. The van der Waals surface area contributed by atoms with Crippen molar-refractivity contribution in [2.24, 2.45) is 0 Å². The minimum atomic E-state index is -0.297. The molecule has 14 heteroatoms. The maximum atomic E-state index is 12.3. The van der Waals surface area contributed by atoms with E-state index in [1.54, 1.807) is 54.6 Å². The third-order valence-electron chi connectivity index (χ3n) is 4.83.